The van der Waals surface area contributed by atoms with Crippen molar-refractivity contribution in [1.82, 2.24) is 0 Å². The fourth-order valence-electron chi connectivity index (χ4n) is 1.86. The summed E-state index contributed by atoms with van der Waals surface area (Å²) in [5.74, 6) is -0.346. The molecule has 0 spiro atoms. The van der Waals surface area contributed by atoms with Crippen LogP contribution in [0.25, 0.3) is 0 Å². The molecule has 0 radical (unpaired) electrons. The SMILES string of the molecule is CCOC(=O)c1cc(N)ccc1NCCCCCOC. The first kappa shape index (κ1) is 16.3. The minimum absolute atomic E-state index is 0.346. The first-order valence-corrected chi connectivity index (χ1v) is 6.98. The molecule has 0 heterocycles. The number of nitrogen functional groups attached to an aromatic ring is 1. The molecule has 0 aliphatic rings. The summed E-state index contributed by atoms with van der Waals surface area (Å²) >= 11 is 0. The van der Waals surface area contributed by atoms with Crippen molar-refractivity contribution < 1.29 is 14.3 Å². The molecule has 1 rings (SSSR count). The number of methoxy groups -OCH3 is 1. The Hall–Kier alpha value is -1.75. The average molecular weight is 280 g/mol. The van der Waals surface area contributed by atoms with E-state index in [1.165, 1.54) is 0 Å². The van der Waals surface area contributed by atoms with Crippen LogP contribution in [-0.4, -0.2) is 32.8 Å². The standard InChI is InChI=1S/C15H24N2O3/c1-3-20-15(18)13-11-12(16)7-8-14(13)17-9-5-4-6-10-19-2/h7-8,11,17H,3-6,9-10,16H2,1-2H3. The molecule has 3 N–H and O–H groups in total. The molecule has 0 saturated heterocycles. The lowest BCUT2D eigenvalue weighted by molar-refractivity contribution is 0.0527. The van der Waals surface area contributed by atoms with Crippen molar-refractivity contribution in [3.63, 3.8) is 0 Å². The number of carbonyl (C=O) groups is 1. The molecule has 112 valence electrons. The van der Waals surface area contributed by atoms with Gasteiger partial charge in [0.1, 0.15) is 0 Å². The van der Waals surface area contributed by atoms with Gasteiger partial charge in [-0.3, -0.25) is 0 Å². The van der Waals surface area contributed by atoms with Crippen molar-refractivity contribution in [2.75, 3.05) is 37.9 Å². The molecule has 0 amide bonds. The number of hydrogen-bond acceptors (Lipinski definition) is 5. The molecule has 0 unspecified atom stereocenters. The third-order valence-corrected chi connectivity index (χ3v) is 2.88. The number of benzene rings is 1. The lowest BCUT2D eigenvalue weighted by atomic mass is 10.1. The van der Waals surface area contributed by atoms with Crippen LogP contribution in [0, 0.1) is 0 Å². The van der Waals surface area contributed by atoms with E-state index in [9.17, 15) is 4.79 Å². The molecule has 0 aromatic heterocycles. The predicted molar refractivity (Wildman–Crippen MR) is 81.0 cm³/mol. The van der Waals surface area contributed by atoms with Gasteiger partial charge in [-0.25, -0.2) is 4.79 Å². The van der Waals surface area contributed by atoms with Gasteiger partial charge < -0.3 is 20.5 Å². The number of esters is 1. The quantitative estimate of drug-likeness (QED) is 0.413. The lowest BCUT2D eigenvalue weighted by Crippen LogP contribution is -2.11. The third kappa shape index (κ3) is 5.48. The number of rotatable bonds is 9. The van der Waals surface area contributed by atoms with Crippen LogP contribution in [0.4, 0.5) is 11.4 Å². The molecular weight excluding hydrogens is 256 g/mol. The summed E-state index contributed by atoms with van der Waals surface area (Å²) in [5.41, 5.74) is 7.53. The van der Waals surface area contributed by atoms with Crippen LogP contribution < -0.4 is 11.1 Å². The lowest BCUT2D eigenvalue weighted by Gasteiger charge is -2.12. The summed E-state index contributed by atoms with van der Waals surface area (Å²) in [4.78, 5) is 11.9. The highest BCUT2D eigenvalue weighted by Gasteiger charge is 2.12. The Kier molecular flexibility index (Phi) is 7.50. The Morgan fingerprint density at radius 3 is 2.80 bits per heavy atom. The number of hydrogen-bond donors (Lipinski definition) is 2. The molecule has 0 saturated carbocycles. The van der Waals surface area contributed by atoms with E-state index in [1.54, 1.807) is 26.2 Å². The zero-order chi connectivity index (χ0) is 14.8. The van der Waals surface area contributed by atoms with Crippen LogP contribution in [-0.2, 0) is 9.47 Å². The van der Waals surface area contributed by atoms with Crippen molar-refractivity contribution in [1.29, 1.82) is 0 Å². The van der Waals surface area contributed by atoms with E-state index in [-0.39, 0.29) is 5.97 Å². The van der Waals surface area contributed by atoms with Gasteiger partial charge in [0.05, 0.1) is 12.2 Å². The second-order valence-corrected chi connectivity index (χ2v) is 4.51. The highest BCUT2D eigenvalue weighted by Crippen LogP contribution is 2.20. The van der Waals surface area contributed by atoms with Gasteiger partial charge in [-0.1, -0.05) is 0 Å². The van der Waals surface area contributed by atoms with E-state index < -0.39 is 0 Å². The first-order chi connectivity index (χ1) is 9.69. The van der Waals surface area contributed by atoms with Gasteiger partial charge in [0.25, 0.3) is 0 Å². The van der Waals surface area contributed by atoms with Crippen LogP contribution in [0.1, 0.15) is 36.5 Å². The van der Waals surface area contributed by atoms with Gasteiger partial charge in [-0.15, -0.1) is 0 Å². The number of carbonyl (C=O) groups excluding carboxylic acids is 1. The molecule has 5 nitrogen and oxygen atoms in total. The van der Waals surface area contributed by atoms with Crippen LogP contribution in [0.5, 0.6) is 0 Å². The number of anilines is 2. The summed E-state index contributed by atoms with van der Waals surface area (Å²) < 4.78 is 10.0. The van der Waals surface area contributed by atoms with E-state index in [4.69, 9.17) is 15.2 Å². The maximum absolute atomic E-state index is 11.9. The summed E-state index contributed by atoms with van der Waals surface area (Å²) in [6.45, 7) is 3.73. The summed E-state index contributed by atoms with van der Waals surface area (Å²) in [5, 5.41) is 3.26. The third-order valence-electron chi connectivity index (χ3n) is 2.88. The highest BCUT2D eigenvalue weighted by molar-refractivity contribution is 5.96. The second-order valence-electron chi connectivity index (χ2n) is 4.51. The van der Waals surface area contributed by atoms with Gasteiger partial charge in [0, 0.05) is 31.6 Å². The fraction of sp³-hybridized carbons (Fsp3) is 0.533. The zero-order valence-corrected chi connectivity index (χ0v) is 12.3. The molecule has 0 aliphatic heterocycles. The van der Waals surface area contributed by atoms with Gasteiger partial charge in [0.15, 0.2) is 0 Å². The molecule has 0 aliphatic carbocycles. The Bertz CT molecular complexity index is 422. The van der Waals surface area contributed by atoms with E-state index in [0.717, 1.165) is 38.1 Å². The molecule has 1 aromatic carbocycles. The van der Waals surface area contributed by atoms with Gasteiger partial charge in [-0.05, 0) is 44.4 Å². The van der Waals surface area contributed by atoms with Gasteiger partial charge in [0.2, 0.25) is 0 Å². The van der Waals surface area contributed by atoms with E-state index >= 15 is 0 Å². The second kappa shape index (κ2) is 9.20. The van der Waals surface area contributed by atoms with Crippen molar-refractivity contribution in [3.05, 3.63) is 23.8 Å². The summed E-state index contributed by atoms with van der Waals surface area (Å²) in [7, 11) is 1.71. The Labute approximate surface area is 120 Å². The number of nitrogens with two attached hydrogens (primary N) is 1. The molecule has 1 aromatic rings. The van der Waals surface area contributed by atoms with E-state index in [1.807, 2.05) is 6.07 Å². The zero-order valence-electron chi connectivity index (χ0n) is 12.3. The number of unbranched alkanes of at least 4 members (excludes halogenated alkanes) is 2. The normalized spacial score (nSPS) is 10.3. The fourth-order valence-corrected chi connectivity index (χ4v) is 1.86. The van der Waals surface area contributed by atoms with Crippen LogP contribution in [0.3, 0.4) is 0 Å². The Morgan fingerprint density at radius 2 is 2.10 bits per heavy atom. The molecule has 0 atom stereocenters. The topological polar surface area (TPSA) is 73.6 Å². The monoisotopic (exact) mass is 280 g/mol. The van der Waals surface area contributed by atoms with Crippen molar-refractivity contribution >= 4 is 17.3 Å². The van der Waals surface area contributed by atoms with Crippen LogP contribution in [0.15, 0.2) is 18.2 Å². The summed E-state index contributed by atoms with van der Waals surface area (Å²) in [6, 6.07) is 5.23. The molecule has 5 heteroatoms. The minimum Gasteiger partial charge on any atom is -0.462 e. The number of nitrogens with one attached hydrogen (secondary N) is 1. The minimum atomic E-state index is -0.346. The van der Waals surface area contributed by atoms with E-state index in [2.05, 4.69) is 5.32 Å². The van der Waals surface area contributed by atoms with Crippen molar-refractivity contribution in [2.45, 2.75) is 26.2 Å². The van der Waals surface area contributed by atoms with Crippen LogP contribution >= 0.6 is 0 Å². The Balaban J connectivity index is 2.53. The largest absolute Gasteiger partial charge is 0.462 e. The number of ether oxygens (including phenoxy) is 2. The summed E-state index contributed by atoms with van der Waals surface area (Å²) in [6.07, 6.45) is 3.16. The first-order valence-electron chi connectivity index (χ1n) is 6.98. The molecular formula is C15H24N2O3. The van der Waals surface area contributed by atoms with Crippen molar-refractivity contribution in [2.24, 2.45) is 0 Å². The predicted octanol–water partition coefficient (Wildman–Crippen LogP) is 2.67. The van der Waals surface area contributed by atoms with Crippen LogP contribution in [0.2, 0.25) is 0 Å². The average Bonchev–Trinajstić information content (AvgIpc) is 2.44. The Morgan fingerprint density at radius 1 is 1.30 bits per heavy atom. The molecule has 20 heavy (non-hydrogen) atoms. The van der Waals surface area contributed by atoms with E-state index in [0.29, 0.717) is 17.9 Å². The molecule has 0 fully saturated rings. The van der Waals surface area contributed by atoms with Gasteiger partial charge in [-0.2, -0.15) is 0 Å². The maximum atomic E-state index is 11.9. The maximum Gasteiger partial charge on any atom is 0.340 e. The highest BCUT2D eigenvalue weighted by atomic mass is 16.5. The van der Waals surface area contributed by atoms with Crippen molar-refractivity contribution in [3.8, 4) is 0 Å². The smallest absolute Gasteiger partial charge is 0.340 e. The molecule has 0 bridgehead atoms. The van der Waals surface area contributed by atoms with Gasteiger partial charge >= 0.3 is 5.97 Å².